The van der Waals surface area contributed by atoms with Gasteiger partial charge in [-0.25, -0.2) is 0 Å². The second-order valence-electron chi connectivity index (χ2n) is 4.86. The SMILES string of the molecule is CNC(=O)C1COCCN1CC(C)(C)C(=O)O. The molecule has 0 bridgehead atoms. The second kappa shape index (κ2) is 5.46. The maximum Gasteiger partial charge on any atom is 0.310 e. The minimum atomic E-state index is -0.871. The summed E-state index contributed by atoms with van der Waals surface area (Å²) in [5, 5.41) is 11.7. The number of rotatable bonds is 4. The van der Waals surface area contributed by atoms with E-state index in [9.17, 15) is 9.59 Å². The lowest BCUT2D eigenvalue weighted by Crippen LogP contribution is -2.56. The van der Waals surface area contributed by atoms with Crippen molar-refractivity contribution >= 4 is 11.9 Å². The number of morpholine rings is 1. The molecule has 98 valence electrons. The topological polar surface area (TPSA) is 78.9 Å². The maximum absolute atomic E-state index is 11.7. The third-order valence-corrected chi connectivity index (χ3v) is 2.97. The van der Waals surface area contributed by atoms with Gasteiger partial charge < -0.3 is 15.2 Å². The van der Waals surface area contributed by atoms with Gasteiger partial charge in [-0.1, -0.05) is 0 Å². The van der Waals surface area contributed by atoms with Crippen molar-refractivity contribution in [2.45, 2.75) is 19.9 Å². The number of carboxylic acid groups (broad SMARTS) is 1. The number of hydrogen-bond donors (Lipinski definition) is 2. The summed E-state index contributed by atoms with van der Waals surface area (Å²) in [7, 11) is 1.57. The highest BCUT2D eigenvalue weighted by Crippen LogP contribution is 2.20. The van der Waals surface area contributed by atoms with Gasteiger partial charge in [-0.3, -0.25) is 14.5 Å². The lowest BCUT2D eigenvalue weighted by atomic mass is 9.92. The standard InChI is InChI=1S/C11H20N2O4/c1-11(2,10(15)16)7-13-4-5-17-6-8(13)9(14)12-3/h8H,4-7H2,1-3H3,(H,12,14)(H,15,16). The molecule has 0 saturated carbocycles. The fourth-order valence-electron chi connectivity index (χ4n) is 1.81. The highest BCUT2D eigenvalue weighted by molar-refractivity contribution is 5.82. The van der Waals surface area contributed by atoms with Crippen molar-refractivity contribution in [1.82, 2.24) is 10.2 Å². The molecule has 0 aromatic rings. The molecule has 0 aromatic carbocycles. The van der Waals surface area contributed by atoms with E-state index in [2.05, 4.69) is 5.32 Å². The number of amides is 1. The van der Waals surface area contributed by atoms with Crippen LogP contribution < -0.4 is 5.32 Å². The van der Waals surface area contributed by atoms with Gasteiger partial charge in [-0.15, -0.1) is 0 Å². The van der Waals surface area contributed by atoms with E-state index in [1.54, 1.807) is 20.9 Å². The van der Waals surface area contributed by atoms with Crippen molar-refractivity contribution in [2.24, 2.45) is 5.41 Å². The Morgan fingerprint density at radius 1 is 1.53 bits per heavy atom. The highest BCUT2D eigenvalue weighted by atomic mass is 16.5. The number of likely N-dealkylation sites (N-methyl/N-ethyl adjacent to an activating group) is 1. The number of nitrogens with zero attached hydrogens (tertiary/aromatic N) is 1. The first-order chi connectivity index (χ1) is 7.88. The second-order valence-corrected chi connectivity index (χ2v) is 4.86. The summed E-state index contributed by atoms with van der Waals surface area (Å²) < 4.78 is 5.26. The Morgan fingerprint density at radius 2 is 2.18 bits per heavy atom. The van der Waals surface area contributed by atoms with Crippen LogP contribution in [0.2, 0.25) is 0 Å². The van der Waals surface area contributed by atoms with E-state index in [1.165, 1.54) is 0 Å². The Kier molecular flexibility index (Phi) is 4.47. The van der Waals surface area contributed by atoms with E-state index in [0.717, 1.165) is 0 Å². The Bertz CT molecular complexity index is 304. The first-order valence-electron chi connectivity index (χ1n) is 5.65. The largest absolute Gasteiger partial charge is 0.481 e. The van der Waals surface area contributed by atoms with E-state index in [4.69, 9.17) is 9.84 Å². The lowest BCUT2D eigenvalue weighted by Gasteiger charge is -2.37. The van der Waals surface area contributed by atoms with E-state index in [0.29, 0.717) is 26.3 Å². The summed E-state index contributed by atoms with van der Waals surface area (Å²) in [6, 6.07) is -0.396. The van der Waals surface area contributed by atoms with Crippen LogP contribution in [0.5, 0.6) is 0 Å². The average molecular weight is 244 g/mol. The summed E-state index contributed by atoms with van der Waals surface area (Å²) in [5.74, 6) is -0.995. The van der Waals surface area contributed by atoms with Gasteiger partial charge in [0.25, 0.3) is 0 Å². The number of hydrogen-bond acceptors (Lipinski definition) is 4. The van der Waals surface area contributed by atoms with E-state index in [1.807, 2.05) is 4.90 Å². The molecule has 1 atom stereocenters. The summed E-state index contributed by atoms with van der Waals surface area (Å²) in [6.07, 6.45) is 0. The van der Waals surface area contributed by atoms with Crippen LogP contribution in [0.1, 0.15) is 13.8 Å². The van der Waals surface area contributed by atoms with Crippen LogP contribution in [0.25, 0.3) is 0 Å². The Hall–Kier alpha value is -1.14. The third-order valence-electron chi connectivity index (χ3n) is 2.97. The Labute approximate surface area is 101 Å². The van der Waals surface area contributed by atoms with Crippen molar-refractivity contribution < 1.29 is 19.4 Å². The van der Waals surface area contributed by atoms with Crippen LogP contribution in [0.4, 0.5) is 0 Å². The highest BCUT2D eigenvalue weighted by Gasteiger charge is 2.36. The molecule has 0 aliphatic carbocycles. The van der Waals surface area contributed by atoms with Crippen molar-refractivity contribution in [2.75, 3.05) is 33.4 Å². The zero-order valence-corrected chi connectivity index (χ0v) is 10.5. The summed E-state index contributed by atoms with van der Waals surface area (Å²) in [5.41, 5.74) is -0.871. The molecule has 1 unspecified atom stereocenters. The molecule has 0 radical (unpaired) electrons. The fraction of sp³-hybridized carbons (Fsp3) is 0.818. The number of carboxylic acids is 1. The van der Waals surface area contributed by atoms with Crippen LogP contribution in [0.3, 0.4) is 0 Å². The van der Waals surface area contributed by atoms with Gasteiger partial charge in [0.05, 0.1) is 18.6 Å². The molecule has 1 amide bonds. The number of aliphatic carboxylic acids is 1. The van der Waals surface area contributed by atoms with Gasteiger partial charge in [0.2, 0.25) is 5.91 Å². The number of carbonyl (C=O) groups is 2. The third kappa shape index (κ3) is 3.41. The average Bonchev–Trinajstić information content (AvgIpc) is 2.28. The minimum Gasteiger partial charge on any atom is -0.481 e. The normalized spacial score (nSPS) is 22.2. The van der Waals surface area contributed by atoms with Crippen molar-refractivity contribution in [3.63, 3.8) is 0 Å². The number of nitrogens with one attached hydrogen (secondary N) is 1. The molecule has 1 aliphatic heterocycles. The maximum atomic E-state index is 11.7. The molecule has 1 aliphatic rings. The molecule has 1 heterocycles. The molecule has 6 nitrogen and oxygen atoms in total. The predicted octanol–water partition coefficient (Wildman–Crippen LogP) is -0.456. The van der Waals surface area contributed by atoms with E-state index < -0.39 is 17.4 Å². The molecule has 0 aromatic heterocycles. The molecular formula is C11H20N2O4. The first-order valence-corrected chi connectivity index (χ1v) is 5.65. The smallest absolute Gasteiger partial charge is 0.310 e. The zero-order valence-electron chi connectivity index (χ0n) is 10.5. The summed E-state index contributed by atoms with van der Waals surface area (Å²) >= 11 is 0. The van der Waals surface area contributed by atoms with Gasteiger partial charge in [-0.2, -0.15) is 0 Å². The number of carbonyl (C=O) groups excluding carboxylic acids is 1. The van der Waals surface area contributed by atoms with Crippen LogP contribution >= 0.6 is 0 Å². The minimum absolute atomic E-state index is 0.133. The monoisotopic (exact) mass is 244 g/mol. The predicted molar refractivity (Wildman–Crippen MR) is 61.7 cm³/mol. The van der Waals surface area contributed by atoms with E-state index >= 15 is 0 Å². The zero-order chi connectivity index (χ0) is 13.1. The molecule has 1 rings (SSSR count). The van der Waals surface area contributed by atoms with Gasteiger partial charge in [0.15, 0.2) is 0 Å². The quantitative estimate of drug-likeness (QED) is 0.700. The lowest BCUT2D eigenvalue weighted by molar-refractivity contribution is -0.151. The first kappa shape index (κ1) is 13.9. The summed E-state index contributed by atoms with van der Waals surface area (Å²) in [6.45, 7) is 5.08. The molecule has 17 heavy (non-hydrogen) atoms. The van der Waals surface area contributed by atoms with Crippen LogP contribution in [-0.4, -0.2) is 61.3 Å². The number of ether oxygens (including phenoxy) is 1. The van der Waals surface area contributed by atoms with Gasteiger partial charge in [0, 0.05) is 20.1 Å². The van der Waals surface area contributed by atoms with Crippen LogP contribution in [0, 0.1) is 5.41 Å². The molecule has 0 spiro atoms. The van der Waals surface area contributed by atoms with Crippen molar-refractivity contribution in [3.8, 4) is 0 Å². The molecule has 1 saturated heterocycles. The van der Waals surface area contributed by atoms with Crippen molar-refractivity contribution in [3.05, 3.63) is 0 Å². The Morgan fingerprint density at radius 3 is 2.71 bits per heavy atom. The van der Waals surface area contributed by atoms with E-state index in [-0.39, 0.29) is 5.91 Å². The Balaban J connectivity index is 2.72. The van der Waals surface area contributed by atoms with Crippen LogP contribution in [-0.2, 0) is 14.3 Å². The molecule has 1 fully saturated rings. The molecule has 6 heteroatoms. The van der Waals surface area contributed by atoms with Gasteiger partial charge in [-0.05, 0) is 13.8 Å². The van der Waals surface area contributed by atoms with Gasteiger partial charge in [0.1, 0.15) is 6.04 Å². The fourth-order valence-corrected chi connectivity index (χ4v) is 1.81. The molecule has 2 N–H and O–H groups in total. The van der Waals surface area contributed by atoms with Crippen LogP contribution in [0.15, 0.2) is 0 Å². The van der Waals surface area contributed by atoms with Crippen molar-refractivity contribution in [1.29, 1.82) is 0 Å². The summed E-state index contributed by atoms with van der Waals surface area (Å²) in [4.78, 5) is 24.6. The molecular weight excluding hydrogens is 224 g/mol. The van der Waals surface area contributed by atoms with Gasteiger partial charge >= 0.3 is 5.97 Å².